The van der Waals surface area contributed by atoms with Gasteiger partial charge in [-0.15, -0.1) is 0 Å². The number of rotatable bonds is 8. The summed E-state index contributed by atoms with van der Waals surface area (Å²) >= 11 is 0. The van der Waals surface area contributed by atoms with Gasteiger partial charge in [-0.05, 0) is 26.0 Å². The third kappa shape index (κ3) is 4.60. The molecule has 1 aromatic rings. The molecule has 1 aliphatic heterocycles. The van der Waals surface area contributed by atoms with Gasteiger partial charge in [-0.1, -0.05) is 17.7 Å². The highest BCUT2D eigenvalue weighted by Gasteiger charge is 2.42. The maximum atomic E-state index is 12.9. The van der Waals surface area contributed by atoms with Crippen LogP contribution in [0.3, 0.4) is 0 Å². The fraction of sp³-hybridized carbons (Fsp3) is 0.529. The van der Waals surface area contributed by atoms with Gasteiger partial charge in [0.25, 0.3) is 0 Å². The summed E-state index contributed by atoms with van der Waals surface area (Å²) in [6.45, 7) is 5.06. The molecule has 9 heteroatoms. The summed E-state index contributed by atoms with van der Waals surface area (Å²) in [6, 6.07) is 5.01. The first-order valence-corrected chi connectivity index (χ1v) is 9.88. The number of sulfonamides is 1. The average molecular weight is 384 g/mol. The van der Waals surface area contributed by atoms with Crippen LogP contribution < -0.4 is 0 Å². The van der Waals surface area contributed by atoms with Crippen LogP contribution in [0.2, 0.25) is 0 Å². The van der Waals surface area contributed by atoms with E-state index in [1.807, 2.05) is 13.8 Å². The predicted molar refractivity (Wildman–Crippen MR) is 94.2 cm³/mol. The zero-order valence-electron chi connectivity index (χ0n) is 14.9. The van der Waals surface area contributed by atoms with Gasteiger partial charge >= 0.3 is 5.97 Å². The van der Waals surface area contributed by atoms with Gasteiger partial charge in [-0.25, -0.2) is 8.42 Å². The minimum atomic E-state index is -3.96. The predicted octanol–water partition coefficient (Wildman–Crippen LogP) is 0.708. The molecule has 0 aliphatic carbocycles. The summed E-state index contributed by atoms with van der Waals surface area (Å²) in [5.74, 6) is -1.73. The van der Waals surface area contributed by atoms with Crippen LogP contribution >= 0.6 is 0 Å². The van der Waals surface area contributed by atoms with Gasteiger partial charge in [0, 0.05) is 26.2 Å². The number of carboxylic acid groups (broad SMARTS) is 1. The molecule has 1 fully saturated rings. The molecule has 1 amide bonds. The standard InChI is InChI=1S/C17H24N2O6S/c1-3-25-11-10-18-8-9-19(15(17(18)22)12-16(20)21)26(23,24)14-6-4-13(2)5-7-14/h4-7,15H,3,8-12H2,1-2H3,(H,20,21). The molecule has 0 aromatic heterocycles. The SMILES string of the molecule is CCOCCN1CCN(S(=O)(=O)c2ccc(C)cc2)C(CC(=O)O)C1=O. The second-order valence-corrected chi connectivity index (χ2v) is 7.96. The van der Waals surface area contributed by atoms with Gasteiger partial charge in [0.1, 0.15) is 6.04 Å². The molecule has 1 aromatic carbocycles. The van der Waals surface area contributed by atoms with Crippen molar-refractivity contribution >= 4 is 21.9 Å². The number of ether oxygens (including phenoxy) is 1. The Morgan fingerprint density at radius 3 is 2.50 bits per heavy atom. The van der Waals surface area contributed by atoms with Crippen LogP contribution in [-0.4, -0.2) is 73.5 Å². The Morgan fingerprint density at radius 2 is 1.92 bits per heavy atom. The molecular weight excluding hydrogens is 360 g/mol. The van der Waals surface area contributed by atoms with Gasteiger partial charge in [0.05, 0.1) is 17.9 Å². The van der Waals surface area contributed by atoms with Crippen molar-refractivity contribution in [2.45, 2.75) is 31.2 Å². The van der Waals surface area contributed by atoms with E-state index in [0.29, 0.717) is 19.8 Å². The zero-order valence-corrected chi connectivity index (χ0v) is 15.7. The van der Waals surface area contributed by atoms with E-state index in [1.54, 1.807) is 12.1 Å². The number of benzene rings is 1. The van der Waals surface area contributed by atoms with Crippen LogP contribution in [0.15, 0.2) is 29.2 Å². The Hall–Kier alpha value is -1.97. The number of hydrogen-bond acceptors (Lipinski definition) is 5. The number of nitrogens with zero attached hydrogens (tertiary/aromatic N) is 2. The highest BCUT2D eigenvalue weighted by atomic mass is 32.2. The molecule has 0 bridgehead atoms. The highest BCUT2D eigenvalue weighted by molar-refractivity contribution is 7.89. The second-order valence-electron chi connectivity index (χ2n) is 6.06. The van der Waals surface area contributed by atoms with Crippen LogP contribution in [0, 0.1) is 6.92 Å². The van der Waals surface area contributed by atoms with E-state index in [4.69, 9.17) is 9.84 Å². The molecule has 1 atom stereocenters. The van der Waals surface area contributed by atoms with Gasteiger partial charge in [-0.2, -0.15) is 4.31 Å². The minimum Gasteiger partial charge on any atom is -0.481 e. The summed E-state index contributed by atoms with van der Waals surface area (Å²) in [5.41, 5.74) is 0.905. The lowest BCUT2D eigenvalue weighted by atomic mass is 10.1. The topological polar surface area (TPSA) is 104 Å². The molecular formula is C17H24N2O6S. The van der Waals surface area contributed by atoms with E-state index in [-0.39, 0.29) is 18.0 Å². The zero-order chi connectivity index (χ0) is 19.3. The average Bonchev–Trinajstić information content (AvgIpc) is 2.58. The molecule has 0 spiro atoms. The minimum absolute atomic E-state index is 0.0476. The molecule has 1 unspecified atom stereocenters. The van der Waals surface area contributed by atoms with Gasteiger partial charge < -0.3 is 14.7 Å². The monoisotopic (exact) mass is 384 g/mol. The van der Waals surface area contributed by atoms with E-state index < -0.39 is 34.4 Å². The number of hydrogen-bond donors (Lipinski definition) is 1. The fourth-order valence-corrected chi connectivity index (χ4v) is 4.42. The van der Waals surface area contributed by atoms with Crippen molar-refractivity contribution in [1.29, 1.82) is 0 Å². The Kier molecular flexibility index (Phi) is 6.74. The number of aliphatic carboxylic acids is 1. The first-order valence-electron chi connectivity index (χ1n) is 8.44. The molecule has 26 heavy (non-hydrogen) atoms. The summed E-state index contributed by atoms with van der Waals surface area (Å²) < 4.78 is 32.1. The molecule has 144 valence electrons. The molecule has 1 N–H and O–H groups in total. The molecule has 1 heterocycles. The van der Waals surface area contributed by atoms with E-state index in [0.717, 1.165) is 9.87 Å². The summed E-state index contributed by atoms with van der Waals surface area (Å²) in [7, 11) is -3.96. The normalized spacial score (nSPS) is 18.9. The molecule has 0 saturated carbocycles. The Bertz CT molecular complexity index is 747. The van der Waals surface area contributed by atoms with Gasteiger partial charge in [0.2, 0.25) is 15.9 Å². The smallest absolute Gasteiger partial charge is 0.305 e. The maximum Gasteiger partial charge on any atom is 0.305 e. The van der Waals surface area contributed by atoms with Crippen molar-refractivity contribution in [1.82, 2.24) is 9.21 Å². The van der Waals surface area contributed by atoms with E-state index in [2.05, 4.69) is 0 Å². The number of carboxylic acids is 1. The molecule has 1 aliphatic rings. The molecule has 2 rings (SSSR count). The Morgan fingerprint density at radius 1 is 1.27 bits per heavy atom. The van der Waals surface area contributed by atoms with Gasteiger partial charge in [0.15, 0.2) is 0 Å². The van der Waals surface area contributed by atoms with E-state index >= 15 is 0 Å². The third-order valence-electron chi connectivity index (χ3n) is 4.24. The number of carbonyl (C=O) groups is 2. The van der Waals surface area contributed by atoms with Crippen molar-refractivity contribution in [3.63, 3.8) is 0 Å². The van der Waals surface area contributed by atoms with Crippen molar-refractivity contribution in [2.75, 3.05) is 32.8 Å². The fourth-order valence-electron chi connectivity index (χ4n) is 2.85. The lowest BCUT2D eigenvalue weighted by molar-refractivity contribution is -0.147. The van der Waals surface area contributed by atoms with Crippen LogP contribution in [0.1, 0.15) is 18.9 Å². The van der Waals surface area contributed by atoms with Crippen LogP contribution in [0.5, 0.6) is 0 Å². The van der Waals surface area contributed by atoms with Crippen LogP contribution in [-0.2, 0) is 24.3 Å². The van der Waals surface area contributed by atoms with Crippen molar-refractivity contribution in [3.05, 3.63) is 29.8 Å². The van der Waals surface area contributed by atoms with Gasteiger partial charge in [-0.3, -0.25) is 9.59 Å². The summed E-state index contributed by atoms with van der Waals surface area (Å²) in [6.07, 6.45) is -0.574. The molecule has 0 radical (unpaired) electrons. The van der Waals surface area contributed by atoms with E-state index in [1.165, 1.54) is 17.0 Å². The third-order valence-corrected chi connectivity index (χ3v) is 6.16. The maximum absolute atomic E-state index is 12.9. The van der Waals surface area contributed by atoms with Crippen LogP contribution in [0.4, 0.5) is 0 Å². The lowest BCUT2D eigenvalue weighted by Crippen LogP contribution is -2.59. The first kappa shape index (κ1) is 20.3. The number of piperazine rings is 1. The highest BCUT2D eigenvalue weighted by Crippen LogP contribution is 2.24. The first-order chi connectivity index (χ1) is 12.3. The van der Waals surface area contributed by atoms with Crippen molar-refractivity contribution in [2.24, 2.45) is 0 Å². The molecule has 1 saturated heterocycles. The van der Waals surface area contributed by atoms with Crippen molar-refractivity contribution < 1.29 is 27.9 Å². The largest absolute Gasteiger partial charge is 0.481 e. The number of carbonyl (C=O) groups excluding carboxylic acids is 1. The molecule has 8 nitrogen and oxygen atoms in total. The Balaban J connectivity index is 2.27. The van der Waals surface area contributed by atoms with Crippen molar-refractivity contribution in [3.8, 4) is 0 Å². The van der Waals surface area contributed by atoms with Crippen LogP contribution in [0.25, 0.3) is 0 Å². The Labute approximate surface area is 153 Å². The summed E-state index contributed by atoms with van der Waals surface area (Å²) in [5, 5.41) is 9.16. The quantitative estimate of drug-likeness (QED) is 0.662. The second kappa shape index (κ2) is 8.61. The summed E-state index contributed by atoms with van der Waals surface area (Å²) in [4.78, 5) is 25.4. The number of amides is 1. The van der Waals surface area contributed by atoms with E-state index in [9.17, 15) is 18.0 Å². The number of aryl methyl sites for hydroxylation is 1. The lowest BCUT2D eigenvalue weighted by Gasteiger charge is -2.39.